The SMILES string of the molecule is NCCNc1nonc1-c1nc2ccccc2n1CC(=O)c1ccc(NC(=O)CN)nc1. The van der Waals surface area contributed by atoms with E-state index in [0.717, 1.165) is 5.52 Å². The molecular weight excluding hydrogens is 414 g/mol. The lowest BCUT2D eigenvalue weighted by molar-refractivity contribution is -0.114. The van der Waals surface area contributed by atoms with Crippen molar-refractivity contribution in [2.75, 3.05) is 30.3 Å². The molecular formula is C20H21N9O3. The van der Waals surface area contributed by atoms with Gasteiger partial charge in [-0.05, 0) is 34.6 Å². The molecule has 0 saturated heterocycles. The Kier molecular flexibility index (Phi) is 6.14. The Hall–Kier alpha value is -4.16. The van der Waals surface area contributed by atoms with Crippen LogP contribution in [0.2, 0.25) is 0 Å². The van der Waals surface area contributed by atoms with E-state index in [1.54, 1.807) is 16.7 Å². The molecule has 0 atom stereocenters. The molecule has 3 heterocycles. The van der Waals surface area contributed by atoms with E-state index < -0.39 is 0 Å². The van der Waals surface area contributed by atoms with Gasteiger partial charge in [-0.1, -0.05) is 12.1 Å². The Bertz CT molecular complexity index is 1250. The van der Waals surface area contributed by atoms with E-state index >= 15 is 0 Å². The Morgan fingerprint density at radius 1 is 1.09 bits per heavy atom. The maximum Gasteiger partial charge on any atom is 0.239 e. The van der Waals surface area contributed by atoms with Crippen molar-refractivity contribution in [3.05, 3.63) is 48.2 Å². The van der Waals surface area contributed by atoms with Crippen LogP contribution < -0.4 is 22.1 Å². The number of anilines is 2. The number of fused-ring (bicyclic) bond motifs is 1. The number of benzene rings is 1. The predicted molar refractivity (Wildman–Crippen MR) is 117 cm³/mol. The molecule has 4 rings (SSSR count). The molecule has 0 spiro atoms. The summed E-state index contributed by atoms with van der Waals surface area (Å²) < 4.78 is 6.64. The lowest BCUT2D eigenvalue weighted by atomic mass is 10.2. The number of amides is 1. The molecule has 32 heavy (non-hydrogen) atoms. The minimum Gasteiger partial charge on any atom is -0.364 e. The van der Waals surface area contributed by atoms with E-state index in [1.807, 2.05) is 24.3 Å². The zero-order valence-corrected chi connectivity index (χ0v) is 17.0. The summed E-state index contributed by atoms with van der Waals surface area (Å²) in [7, 11) is 0. The standard InChI is InChI=1S/C20H21N9O3/c21-7-8-23-19-18(27-32-28-19)20-25-13-3-1-2-4-14(13)29(20)11-15(30)12-5-6-16(24-10-12)26-17(31)9-22/h1-6,10H,7-9,11,21-22H2,(H,23,28)(H,24,26,31). The Morgan fingerprint density at radius 2 is 1.94 bits per heavy atom. The van der Waals surface area contributed by atoms with Gasteiger partial charge in [0.1, 0.15) is 5.82 Å². The van der Waals surface area contributed by atoms with Gasteiger partial charge in [-0.15, -0.1) is 0 Å². The zero-order chi connectivity index (χ0) is 22.5. The molecule has 1 amide bonds. The Labute approximate surface area is 182 Å². The van der Waals surface area contributed by atoms with E-state index in [0.29, 0.717) is 47.3 Å². The van der Waals surface area contributed by atoms with Crippen molar-refractivity contribution in [1.29, 1.82) is 0 Å². The van der Waals surface area contributed by atoms with Crippen LogP contribution in [0.25, 0.3) is 22.6 Å². The number of nitrogens with two attached hydrogens (primary N) is 2. The predicted octanol–water partition coefficient (Wildman–Crippen LogP) is 0.632. The molecule has 0 unspecified atom stereocenters. The van der Waals surface area contributed by atoms with Crippen molar-refractivity contribution in [3.8, 4) is 11.5 Å². The number of ketones is 1. The van der Waals surface area contributed by atoms with Gasteiger partial charge in [-0.3, -0.25) is 9.59 Å². The highest BCUT2D eigenvalue weighted by molar-refractivity contribution is 5.98. The van der Waals surface area contributed by atoms with Crippen LogP contribution in [0.1, 0.15) is 10.4 Å². The fraction of sp³-hybridized carbons (Fsp3) is 0.200. The Morgan fingerprint density at radius 3 is 2.69 bits per heavy atom. The normalized spacial score (nSPS) is 10.9. The van der Waals surface area contributed by atoms with Gasteiger partial charge in [0.05, 0.1) is 24.1 Å². The minimum absolute atomic E-state index is 0.0186. The quantitative estimate of drug-likeness (QED) is 0.272. The van der Waals surface area contributed by atoms with Crippen LogP contribution in [0.5, 0.6) is 0 Å². The minimum atomic E-state index is -0.369. The molecule has 0 radical (unpaired) electrons. The first-order valence-electron chi connectivity index (χ1n) is 9.82. The zero-order valence-electron chi connectivity index (χ0n) is 17.0. The molecule has 0 aliphatic rings. The molecule has 4 aromatic rings. The fourth-order valence-electron chi connectivity index (χ4n) is 3.12. The van der Waals surface area contributed by atoms with Crippen LogP contribution in [-0.2, 0) is 11.3 Å². The number of rotatable bonds is 9. The molecule has 3 aromatic heterocycles. The number of nitrogens with one attached hydrogen (secondary N) is 2. The topological polar surface area (TPSA) is 180 Å². The maximum absolute atomic E-state index is 13.0. The van der Waals surface area contributed by atoms with Gasteiger partial charge in [0.15, 0.2) is 17.3 Å². The summed E-state index contributed by atoms with van der Waals surface area (Å²) in [6, 6.07) is 10.6. The van der Waals surface area contributed by atoms with E-state index in [9.17, 15) is 9.59 Å². The summed E-state index contributed by atoms with van der Waals surface area (Å²) >= 11 is 0. The smallest absolute Gasteiger partial charge is 0.239 e. The number of aromatic nitrogens is 5. The second-order valence-electron chi connectivity index (χ2n) is 6.79. The summed E-state index contributed by atoms with van der Waals surface area (Å²) in [5.41, 5.74) is 13.0. The number of Topliss-reactive ketones (excluding diaryl/α,β-unsaturated/α-hetero) is 1. The number of hydrogen-bond donors (Lipinski definition) is 4. The van der Waals surface area contributed by atoms with E-state index in [2.05, 4.69) is 30.9 Å². The summed E-state index contributed by atoms with van der Waals surface area (Å²) in [4.78, 5) is 33.2. The molecule has 0 aliphatic carbocycles. The molecule has 0 saturated carbocycles. The molecule has 6 N–H and O–H groups in total. The molecule has 0 fully saturated rings. The number of nitrogens with zero attached hydrogens (tertiary/aromatic N) is 5. The highest BCUT2D eigenvalue weighted by Crippen LogP contribution is 2.28. The largest absolute Gasteiger partial charge is 0.364 e. The third-order valence-corrected chi connectivity index (χ3v) is 4.63. The number of carbonyl (C=O) groups is 2. The summed E-state index contributed by atoms with van der Waals surface area (Å²) in [5.74, 6) is 0.564. The van der Waals surface area contributed by atoms with Crippen LogP contribution in [0, 0.1) is 0 Å². The van der Waals surface area contributed by atoms with Crippen molar-refractivity contribution in [1.82, 2.24) is 24.8 Å². The van der Waals surface area contributed by atoms with Gasteiger partial charge in [-0.25, -0.2) is 14.6 Å². The first-order chi connectivity index (χ1) is 15.6. The van der Waals surface area contributed by atoms with Crippen LogP contribution in [0.3, 0.4) is 0 Å². The lowest BCUT2D eigenvalue weighted by Crippen LogP contribution is -2.22. The molecule has 1 aromatic carbocycles. The second kappa shape index (κ2) is 9.32. The third-order valence-electron chi connectivity index (χ3n) is 4.63. The summed E-state index contributed by atoms with van der Waals surface area (Å²) in [6.45, 7) is 0.697. The monoisotopic (exact) mass is 435 g/mol. The van der Waals surface area contributed by atoms with E-state index in [1.165, 1.54) is 6.20 Å². The lowest BCUT2D eigenvalue weighted by Gasteiger charge is -2.09. The average Bonchev–Trinajstić information content (AvgIpc) is 3.42. The number of carbonyl (C=O) groups excluding carboxylic acids is 2. The summed E-state index contributed by atoms with van der Waals surface area (Å²) in [6.07, 6.45) is 1.40. The van der Waals surface area contributed by atoms with Crippen molar-refractivity contribution in [2.45, 2.75) is 6.54 Å². The van der Waals surface area contributed by atoms with Gasteiger partial charge in [-0.2, -0.15) is 0 Å². The second-order valence-corrected chi connectivity index (χ2v) is 6.79. The number of hydrogen-bond acceptors (Lipinski definition) is 10. The molecule has 12 nitrogen and oxygen atoms in total. The highest BCUT2D eigenvalue weighted by atomic mass is 16.6. The van der Waals surface area contributed by atoms with Crippen molar-refractivity contribution in [2.24, 2.45) is 11.5 Å². The molecule has 0 bridgehead atoms. The first-order valence-corrected chi connectivity index (χ1v) is 9.82. The van der Waals surface area contributed by atoms with E-state index in [-0.39, 0.29) is 24.8 Å². The number of pyridine rings is 1. The van der Waals surface area contributed by atoms with Crippen LogP contribution in [0.4, 0.5) is 11.6 Å². The number of imidazole rings is 1. The van der Waals surface area contributed by atoms with Gasteiger partial charge in [0.2, 0.25) is 11.7 Å². The van der Waals surface area contributed by atoms with Crippen LogP contribution in [-0.4, -0.2) is 56.2 Å². The number of para-hydroxylation sites is 2. The molecule has 164 valence electrons. The fourth-order valence-corrected chi connectivity index (χ4v) is 3.12. The third kappa shape index (κ3) is 4.31. The van der Waals surface area contributed by atoms with Gasteiger partial charge < -0.3 is 26.7 Å². The first kappa shape index (κ1) is 21.1. The summed E-state index contributed by atoms with van der Waals surface area (Å²) in [5, 5.41) is 13.4. The van der Waals surface area contributed by atoms with Gasteiger partial charge in [0, 0.05) is 24.8 Å². The van der Waals surface area contributed by atoms with Crippen molar-refractivity contribution >= 4 is 34.4 Å². The molecule has 12 heteroatoms. The average molecular weight is 435 g/mol. The maximum atomic E-state index is 13.0. The molecule has 0 aliphatic heterocycles. The van der Waals surface area contributed by atoms with Crippen LogP contribution >= 0.6 is 0 Å². The van der Waals surface area contributed by atoms with Crippen molar-refractivity contribution < 1.29 is 14.2 Å². The van der Waals surface area contributed by atoms with Gasteiger partial charge >= 0.3 is 0 Å². The Balaban J connectivity index is 1.66. The van der Waals surface area contributed by atoms with Gasteiger partial charge in [0.25, 0.3) is 0 Å². The van der Waals surface area contributed by atoms with Crippen molar-refractivity contribution in [3.63, 3.8) is 0 Å². The highest BCUT2D eigenvalue weighted by Gasteiger charge is 2.22. The van der Waals surface area contributed by atoms with Crippen LogP contribution in [0.15, 0.2) is 47.2 Å². The van der Waals surface area contributed by atoms with E-state index in [4.69, 9.17) is 16.1 Å².